The zero-order valence-corrected chi connectivity index (χ0v) is 11.3. The van der Waals surface area contributed by atoms with Crippen LogP contribution in [0.3, 0.4) is 0 Å². The van der Waals surface area contributed by atoms with Gasteiger partial charge < -0.3 is 10.3 Å². The molecule has 0 bridgehead atoms. The molecule has 2 N–H and O–H groups in total. The van der Waals surface area contributed by atoms with Crippen LogP contribution in [0.25, 0.3) is 0 Å². The van der Waals surface area contributed by atoms with Crippen LogP contribution in [-0.4, -0.2) is 11.0 Å². The van der Waals surface area contributed by atoms with Gasteiger partial charge in [0.05, 0.1) is 0 Å². The molecule has 0 aromatic carbocycles. The van der Waals surface area contributed by atoms with Crippen LogP contribution in [0.5, 0.6) is 0 Å². The molecule has 0 saturated heterocycles. The standard InChI is InChI=1S/C13H22N2OS/c1-2-3-10-4-6-11(7-5-10)14-8-12-9-17-13(16)15-12/h9-11,14H,2-8H2,1H3,(H,15,16). The molecule has 0 atom stereocenters. The molecule has 0 aliphatic heterocycles. The summed E-state index contributed by atoms with van der Waals surface area (Å²) in [4.78, 5) is 13.9. The third-order valence-electron chi connectivity index (χ3n) is 3.70. The Morgan fingerprint density at radius 2 is 2.18 bits per heavy atom. The van der Waals surface area contributed by atoms with Gasteiger partial charge in [-0.25, -0.2) is 0 Å². The summed E-state index contributed by atoms with van der Waals surface area (Å²) in [6, 6.07) is 0.645. The van der Waals surface area contributed by atoms with E-state index in [2.05, 4.69) is 17.2 Å². The Hall–Kier alpha value is -0.610. The van der Waals surface area contributed by atoms with Crippen LogP contribution in [0.2, 0.25) is 0 Å². The quantitative estimate of drug-likeness (QED) is 0.848. The Morgan fingerprint density at radius 1 is 1.41 bits per heavy atom. The lowest BCUT2D eigenvalue weighted by Crippen LogP contribution is -2.32. The van der Waals surface area contributed by atoms with E-state index in [4.69, 9.17) is 0 Å². The van der Waals surface area contributed by atoms with Gasteiger partial charge in [0, 0.05) is 23.7 Å². The van der Waals surface area contributed by atoms with Gasteiger partial charge in [0.2, 0.25) is 0 Å². The van der Waals surface area contributed by atoms with Crippen LogP contribution in [0.15, 0.2) is 10.2 Å². The first kappa shape index (κ1) is 12.8. The first-order valence-corrected chi connectivity index (χ1v) is 7.56. The summed E-state index contributed by atoms with van der Waals surface area (Å²) in [5.41, 5.74) is 1.02. The minimum absolute atomic E-state index is 0.0495. The molecule has 0 spiro atoms. The molecule has 1 aliphatic rings. The van der Waals surface area contributed by atoms with E-state index in [0.717, 1.165) is 18.2 Å². The molecule has 0 radical (unpaired) electrons. The number of H-pyrrole nitrogens is 1. The van der Waals surface area contributed by atoms with E-state index in [1.54, 1.807) is 0 Å². The predicted octanol–water partition coefficient (Wildman–Crippen LogP) is 2.88. The SMILES string of the molecule is CCCC1CCC(NCc2csc(=O)[nH]2)CC1. The van der Waals surface area contributed by atoms with Crippen molar-refractivity contribution in [3.63, 3.8) is 0 Å². The second kappa shape index (κ2) is 6.36. The second-order valence-electron chi connectivity index (χ2n) is 5.06. The Morgan fingerprint density at radius 3 is 2.76 bits per heavy atom. The fourth-order valence-electron chi connectivity index (χ4n) is 2.72. The molecule has 1 heterocycles. The summed E-state index contributed by atoms with van der Waals surface area (Å²) in [6.07, 6.45) is 8.03. The van der Waals surface area contributed by atoms with Gasteiger partial charge >= 0.3 is 4.87 Å². The molecule has 1 aromatic heterocycles. The minimum Gasteiger partial charge on any atom is -0.315 e. The fourth-order valence-corrected chi connectivity index (χ4v) is 3.30. The van der Waals surface area contributed by atoms with Crippen LogP contribution in [0.4, 0.5) is 0 Å². The molecule has 1 aliphatic carbocycles. The molecule has 2 rings (SSSR count). The number of hydrogen-bond acceptors (Lipinski definition) is 3. The van der Waals surface area contributed by atoms with Crippen molar-refractivity contribution in [2.24, 2.45) is 5.92 Å². The molecule has 0 unspecified atom stereocenters. The van der Waals surface area contributed by atoms with Crippen molar-refractivity contribution < 1.29 is 0 Å². The maximum atomic E-state index is 11.0. The summed E-state index contributed by atoms with van der Waals surface area (Å²) < 4.78 is 0. The van der Waals surface area contributed by atoms with E-state index in [0.29, 0.717) is 6.04 Å². The van der Waals surface area contributed by atoms with Gasteiger partial charge in [0.25, 0.3) is 0 Å². The fraction of sp³-hybridized carbons (Fsp3) is 0.769. The highest BCUT2D eigenvalue weighted by molar-refractivity contribution is 7.07. The van der Waals surface area contributed by atoms with Crippen molar-refractivity contribution >= 4 is 11.3 Å². The van der Waals surface area contributed by atoms with E-state index in [1.807, 2.05) is 5.38 Å². The van der Waals surface area contributed by atoms with E-state index < -0.39 is 0 Å². The monoisotopic (exact) mass is 254 g/mol. The molecule has 17 heavy (non-hydrogen) atoms. The maximum Gasteiger partial charge on any atom is 0.304 e. The normalized spacial score (nSPS) is 25.0. The lowest BCUT2D eigenvalue weighted by atomic mass is 9.83. The number of aromatic nitrogens is 1. The summed E-state index contributed by atoms with van der Waals surface area (Å²) in [6.45, 7) is 3.08. The molecule has 1 saturated carbocycles. The van der Waals surface area contributed by atoms with Crippen molar-refractivity contribution in [2.45, 2.75) is 58.0 Å². The van der Waals surface area contributed by atoms with Gasteiger partial charge in [-0.3, -0.25) is 4.79 Å². The topological polar surface area (TPSA) is 44.9 Å². The minimum atomic E-state index is 0.0495. The van der Waals surface area contributed by atoms with Gasteiger partial charge in [0.15, 0.2) is 0 Å². The van der Waals surface area contributed by atoms with E-state index in [1.165, 1.54) is 49.9 Å². The number of thiazole rings is 1. The van der Waals surface area contributed by atoms with E-state index in [-0.39, 0.29) is 4.87 Å². The first-order chi connectivity index (χ1) is 8.28. The summed E-state index contributed by atoms with van der Waals surface area (Å²) >= 11 is 1.25. The average Bonchev–Trinajstić information content (AvgIpc) is 2.75. The largest absolute Gasteiger partial charge is 0.315 e. The molecule has 1 fully saturated rings. The molecular formula is C13H22N2OS. The number of rotatable bonds is 5. The zero-order chi connectivity index (χ0) is 12.1. The van der Waals surface area contributed by atoms with Crippen LogP contribution in [0, 0.1) is 5.92 Å². The highest BCUT2D eigenvalue weighted by atomic mass is 32.1. The van der Waals surface area contributed by atoms with Crippen molar-refractivity contribution in [1.29, 1.82) is 0 Å². The molecular weight excluding hydrogens is 232 g/mol. The van der Waals surface area contributed by atoms with Crippen molar-refractivity contribution in [1.82, 2.24) is 10.3 Å². The van der Waals surface area contributed by atoms with E-state index in [9.17, 15) is 4.79 Å². The van der Waals surface area contributed by atoms with Gasteiger partial charge in [-0.2, -0.15) is 0 Å². The average molecular weight is 254 g/mol. The molecule has 96 valence electrons. The highest BCUT2D eigenvalue weighted by Crippen LogP contribution is 2.27. The van der Waals surface area contributed by atoms with Gasteiger partial charge in [-0.05, 0) is 31.6 Å². The number of aromatic amines is 1. The zero-order valence-electron chi connectivity index (χ0n) is 10.5. The smallest absolute Gasteiger partial charge is 0.304 e. The van der Waals surface area contributed by atoms with Crippen LogP contribution >= 0.6 is 11.3 Å². The van der Waals surface area contributed by atoms with Gasteiger partial charge in [-0.1, -0.05) is 31.1 Å². The van der Waals surface area contributed by atoms with Crippen molar-refractivity contribution in [3.05, 3.63) is 20.7 Å². The number of nitrogens with one attached hydrogen (secondary N) is 2. The molecule has 3 nitrogen and oxygen atoms in total. The highest BCUT2D eigenvalue weighted by Gasteiger charge is 2.19. The Kier molecular flexibility index (Phi) is 4.80. The van der Waals surface area contributed by atoms with Crippen LogP contribution in [0.1, 0.15) is 51.1 Å². The van der Waals surface area contributed by atoms with Gasteiger partial charge in [-0.15, -0.1) is 0 Å². The third kappa shape index (κ3) is 3.96. The van der Waals surface area contributed by atoms with Crippen LogP contribution in [-0.2, 0) is 6.54 Å². The summed E-state index contributed by atoms with van der Waals surface area (Å²) in [5, 5.41) is 5.47. The second-order valence-corrected chi connectivity index (χ2v) is 5.90. The van der Waals surface area contributed by atoms with Crippen LogP contribution < -0.4 is 10.2 Å². The summed E-state index contributed by atoms with van der Waals surface area (Å²) in [5.74, 6) is 0.957. The van der Waals surface area contributed by atoms with Gasteiger partial charge in [0.1, 0.15) is 0 Å². The molecule has 4 heteroatoms. The molecule has 1 aromatic rings. The van der Waals surface area contributed by atoms with E-state index >= 15 is 0 Å². The lowest BCUT2D eigenvalue weighted by Gasteiger charge is -2.28. The van der Waals surface area contributed by atoms with Crippen molar-refractivity contribution in [2.75, 3.05) is 0 Å². The Bertz CT molecular complexity index is 377. The molecule has 0 amide bonds. The summed E-state index contributed by atoms with van der Waals surface area (Å²) in [7, 11) is 0. The third-order valence-corrected chi connectivity index (χ3v) is 4.41. The Labute approximate surface area is 107 Å². The maximum absolute atomic E-state index is 11.0. The first-order valence-electron chi connectivity index (χ1n) is 6.68. The predicted molar refractivity (Wildman–Crippen MR) is 72.4 cm³/mol. The van der Waals surface area contributed by atoms with Crippen molar-refractivity contribution in [3.8, 4) is 0 Å². The Balaban J connectivity index is 1.69. The number of hydrogen-bond donors (Lipinski definition) is 2. The lowest BCUT2D eigenvalue weighted by molar-refractivity contribution is 0.277.